The molecule has 0 aliphatic heterocycles. The average Bonchev–Trinajstić information content (AvgIpc) is 2.78. The fourth-order valence-corrected chi connectivity index (χ4v) is 1.80. The molecule has 0 fully saturated rings. The summed E-state index contributed by atoms with van der Waals surface area (Å²) in [6.45, 7) is 5.83. The molecule has 0 aliphatic rings. The van der Waals surface area contributed by atoms with E-state index in [-0.39, 0.29) is 6.10 Å². The van der Waals surface area contributed by atoms with Gasteiger partial charge in [0.1, 0.15) is 5.76 Å². The molecule has 0 amide bonds. The van der Waals surface area contributed by atoms with Gasteiger partial charge in [-0.3, -0.25) is 0 Å². The van der Waals surface area contributed by atoms with E-state index in [2.05, 4.69) is 20.5 Å². The van der Waals surface area contributed by atoms with Gasteiger partial charge < -0.3 is 9.72 Å². The molecule has 6 heteroatoms. The van der Waals surface area contributed by atoms with Gasteiger partial charge in [-0.15, -0.1) is 0 Å². The van der Waals surface area contributed by atoms with Crippen LogP contribution in [-0.4, -0.2) is 22.3 Å². The van der Waals surface area contributed by atoms with Gasteiger partial charge in [0.05, 0.1) is 23.4 Å². The zero-order valence-electron chi connectivity index (χ0n) is 11.6. The number of allylic oxidation sites excluding steroid dienone is 2. The van der Waals surface area contributed by atoms with Crippen LogP contribution in [0.2, 0.25) is 5.02 Å². The average molecular weight is 293 g/mol. The number of halogens is 1. The van der Waals surface area contributed by atoms with Gasteiger partial charge >= 0.3 is 0 Å². The first-order chi connectivity index (χ1) is 9.58. The van der Waals surface area contributed by atoms with E-state index in [4.69, 9.17) is 16.3 Å². The van der Waals surface area contributed by atoms with E-state index in [1.54, 1.807) is 12.3 Å². The number of nitrogens with one attached hydrogen (secondary N) is 2. The highest BCUT2D eigenvalue weighted by Gasteiger charge is 2.02. The van der Waals surface area contributed by atoms with Crippen LogP contribution in [0.25, 0.3) is 11.0 Å². The smallest absolute Gasteiger partial charge is 0.222 e. The number of fused-ring (bicyclic) bond motifs is 1. The molecule has 20 heavy (non-hydrogen) atoms. The van der Waals surface area contributed by atoms with Crippen LogP contribution in [0.1, 0.15) is 20.8 Å². The van der Waals surface area contributed by atoms with Crippen LogP contribution in [0.4, 0.5) is 5.95 Å². The molecule has 0 bridgehead atoms. The lowest BCUT2D eigenvalue weighted by Gasteiger charge is -2.08. The van der Waals surface area contributed by atoms with E-state index in [9.17, 15) is 0 Å². The summed E-state index contributed by atoms with van der Waals surface area (Å²) in [5, 5.41) is 4.74. The van der Waals surface area contributed by atoms with Crippen molar-refractivity contribution in [3.8, 4) is 0 Å². The number of benzene rings is 1. The van der Waals surface area contributed by atoms with Crippen LogP contribution in [0.5, 0.6) is 0 Å². The molecule has 5 nitrogen and oxygen atoms in total. The van der Waals surface area contributed by atoms with Crippen LogP contribution in [0.15, 0.2) is 35.1 Å². The Morgan fingerprint density at radius 2 is 2.30 bits per heavy atom. The minimum Gasteiger partial charge on any atom is -0.490 e. The highest BCUT2D eigenvalue weighted by molar-refractivity contribution is 6.31. The second-order valence-electron chi connectivity index (χ2n) is 4.47. The minimum atomic E-state index is 0.112. The maximum absolute atomic E-state index is 5.91. The number of hydrazone groups is 1. The van der Waals surface area contributed by atoms with Gasteiger partial charge in [-0.25, -0.2) is 10.4 Å². The van der Waals surface area contributed by atoms with Crippen molar-refractivity contribution in [2.75, 3.05) is 5.43 Å². The molecular formula is C14H17ClN4O. The largest absolute Gasteiger partial charge is 0.490 e. The number of rotatable bonds is 5. The molecule has 1 aromatic carbocycles. The molecule has 106 valence electrons. The predicted molar refractivity (Wildman–Crippen MR) is 83.2 cm³/mol. The first-order valence-electron chi connectivity index (χ1n) is 6.36. The number of hydrogen-bond acceptors (Lipinski definition) is 4. The summed E-state index contributed by atoms with van der Waals surface area (Å²) >= 11 is 5.91. The zero-order valence-corrected chi connectivity index (χ0v) is 12.4. The minimum absolute atomic E-state index is 0.112. The standard InChI is InChI=1S/C14H17ClN4O/c1-4-11(20-9(2)3)8-16-19-14-17-12-6-5-10(15)7-13(12)18-14/h4-9H,1-3H3,(H2,17,18,19)/b11-4-,16-8+. The van der Waals surface area contributed by atoms with Crippen molar-refractivity contribution in [2.24, 2.45) is 5.10 Å². The Labute approximate surface area is 122 Å². The molecular weight excluding hydrogens is 276 g/mol. The molecule has 1 aromatic heterocycles. The number of hydrogen-bond donors (Lipinski definition) is 2. The van der Waals surface area contributed by atoms with Gasteiger partial charge in [-0.05, 0) is 45.0 Å². The number of aromatic nitrogens is 2. The number of ether oxygens (including phenoxy) is 1. The van der Waals surface area contributed by atoms with Gasteiger partial charge in [0, 0.05) is 5.02 Å². The van der Waals surface area contributed by atoms with Gasteiger partial charge in [-0.1, -0.05) is 11.6 Å². The third kappa shape index (κ3) is 3.74. The van der Waals surface area contributed by atoms with E-state index in [0.29, 0.717) is 16.7 Å². The quantitative estimate of drug-likeness (QED) is 0.498. The van der Waals surface area contributed by atoms with Crippen LogP contribution < -0.4 is 5.43 Å². The molecule has 0 atom stereocenters. The van der Waals surface area contributed by atoms with Crippen LogP contribution in [0.3, 0.4) is 0 Å². The first-order valence-corrected chi connectivity index (χ1v) is 6.73. The van der Waals surface area contributed by atoms with Crippen molar-refractivity contribution in [3.05, 3.63) is 35.1 Å². The molecule has 2 rings (SSSR count). The number of imidazole rings is 1. The van der Waals surface area contributed by atoms with E-state index < -0.39 is 0 Å². The third-order valence-corrected chi connectivity index (χ3v) is 2.70. The summed E-state index contributed by atoms with van der Waals surface area (Å²) in [5.74, 6) is 1.25. The SMILES string of the molecule is C/C=C(/C=N/Nc1nc2cc(Cl)ccc2[nH]1)OC(C)C. The lowest BCUT2D eigenvalue weighted by atomic mass is 10.3. The van der Waals surface area contributed by atoms with Crippen molar-refractivity contribution >= 4 is 34.8 Å². The second-order valence-corrected chi connectivity index (χ2v) is 4.91. The second kappa shape index (κ2) is 6.43. The maximum Gasteiger partial charge on any atom is 0.222 e. The topological polar surface area (TPSA) is 62.3 Å². The Hall–Kier alpha value is -2.01. The third-order valence-electron chi connectivity index (χ3n) is 2.46. The Morgan fingerprint density at radius 1 is 1.50 bits per heavy atom. The maximum atomic E-state index is 5.91. The van der Waals surface area contributed by atoms with Gasteiger partial charge in [0.2, 0.25) is 5.95 Å². The Kier molecular flexibility index (Phi) is 4.63. The molecule has 0 saturated heterocycles. The first kappa shape index (κ1) is 14.4. The lowest BCUT2D eigenvalue weighted by molar-refractivity contribution is 0.164. The van der Waals surface area contributed by atoms with Crippen molar-refractivity contribution in [3.63, 3.8) is 0 Å². The zero-order chi connectivity index (χ0) is 14.5. The van der Waals surface area contributed by atoms with E-state index in [1.165, 1.54) is 0 Å². The molecule has 2 N–H and O–H groups in total. The summed E-state index contributed by atoms with van der Waals surface area (Å²) in [4.78, 5) is 7.43. The highest BCUT2D eigenvalue weighted by Crippen LogP contribution is 2.18. The molecule has 0 spiro atoms. The lowest BCUT2D eigenvalue weighted by Crippen LogP contribution is -2.04. The fourth-order valence-electron chi connectivity index (χ4n) is 1.63. The predicted octanol–water partition coefficient (Wildman–Crippen LogP) is 3.94. The summed E-state index contributed by atoms with van der Waals surface area (Å²) in [6, 6.07) is 5.48. The van der Waals surface area contributed by atoms with Crippen LogP contribution in [-0.2, 0) is 4.74 Å². The molecule has 0 unspecified atom stereocenters. The molecule has 2 aromatic rings. The normalized spacial score (nSPS) is 12.6. The van der Waals surface area contributed by atoms with Gasteiger partial charge in [0.25, 0.3) is 0 Å². The van der Waals surface area contributed by atoms with Crippen molar-refractivity contribution in [1.29, 1.82) is 0 Å². The number of aromatic amines is 1. The van der Waals surface area contributed by atoms with Crippen molar-refractivity contribution < 1.29 is 4.74 Å². The van der Waals surface area contributed by atoms with E-state index in [1.807, 2.05) is 39.0 Å². The molecule has 1 heterocycles. The van der Waals surface area contributed by atoms with Gasteiger partial charge in [0.15, 0.2) is 0 Å². The highest BCUT2D eigenvalue weighted by atomic mass is 35.5. The summed E-state index contributed by atoms with van der Waals surface area (Å²) < 4.78 is 5.54. The van der Waals surface area contributed by atoms with Crippen molar-refractivity contribution in [2.45, 2.75) is 26.9 Å². The van der Waals surface area contributed by atoms with E-state index in [0.717, 1.165) is 11.0 Å². The molecule has 0 radical (unpaired) electrons. The Bertz CT molecular complexity index is 646. The van der Waals surface area contributed by atoms with Crippen LogP contribution >= 0.6 is 11.6 Å². The number of nitrogens with zero attached hydrogens (tertiary/aromatic N) is 2. The monoisotopic (exact) mass is 292 g/mol. The van der Waals surface area contributed by atoms with Gasteiger partial charge in [-0.2, -0.15) is 5.10 Å². The van der Waals surface area contributed by atoms with Crippen LogP contribution in [0, 0.1) is 0 Å². The summed E-state index contributed by atoms with van der Waals surface area (Å²) in [7, 11) is 0. The Balaban J connectivity index is 2.05. The summed E-state index contributed by atoms with van der Waals surface area (Å²) in [6.07, 6.45) is 3.57. The molecule has 0 saturated carbocycles. The summed E-state index contributed by atoms with van der Waals surface area (Å²) in [5.41, 5.74) is 4.52. The van der Waals surface area contributed by atoms with E-state index >= 15 is 0 Å². The fraction of sp³-hybridized carbons (Fsp3) is 0.286. The van der Waals surface area contributed by atoms with Crippen molar-refractivity contribution in [1.82, 2.24) is 9.97 Å². The number of anilines is 1. The number of H-pyrrole nitrogens is 1. The Morgan fingerprint density at radius 3 is 3.00 bits per heavy atom. The molecule has 0 aliphatic carbocycles.